The standard InChI is InChI=1S/C10H15NO4/c1-15-10(14)8-3-2-6-4-7(12)5-9(13)11(6)8/h6-8,12H,2-5H2,1H3/t6?,7?,8-/m0/s1. The van der Waals surface area contributed by atoms with Crippen LogP contribution in [0.3, 0.4) is 0 Å². The smallest absolute Gasteiger partial charge is 0.328 e. The number of carbonyl (C=O) groups excluding carboxylic acids is 2. The zero-order valence-electron chi connectivity index (χ0n) is 8.68. The number of piperidine rings is 1. The summed E-state index contributed by atoms with van der Waals surface area (Å²) in [5.74, 6) is -0.478. The second-order valence-electron chi connectivity index (χ2n) is 4.16. The van der Waals surface area contributed by atoms with Crippen LogP contribution in [-0.4, -0.2) is 47.2 Å². The lowest BCUT2D eigenvalue weighted by Gasteiger charge is -2.35. The molecule has 2 aliphatic heterocycles. The molecule has 2 unspecified atom stereocenters. The molecule has 0 aliphatic carbocycles. The Hall–Kier alpha value is -1.10. The van der Waals surface area contributed by atoms with Crippen LogP contribution in [0.1, 0.15) is 25.7 Å². The number of hydrogen-bond donors (Lipinski definition) is 1. The summed E-state index contributed by atoms with van der Waals surface area (Å²) in [6, 6.07) is -0.412. The van der Waals surface area contributed by atoms with E-state index in [1.807, 2.05) is 0 Å². The van der Waals surface area contributed by atoms with Crippen LogP contribution in [0.4, 0.5) is 0 Å². The molecule has 0 aromatic carbocycles. The van der Waals surface area contributed by atoms with Gasteiger partial charge in [0.15, 0.2) is 0 Å². The molecular formula is C10H15NO4. The van der Waals surface area contributed by atoms with Crippen LogP contribution in [0.2, 0.25) is 0 Å². The highest BCUT2D eigenvalue weighted by Gasteiger charge is 2.45. The molecule has 1 amide bonds. The fourth-order valence-corrected chi connectivity index (χ4v) is 2.56. The minimum absolute atomic E-state index is 0.0188. The van der Waals surface area contributed by atoms with Crippen LogP contribution in [0.25, 0.3) is 0 Å². The Morgan fingerprint density at radius 3 is 2.93 bits per heavy atom. The van der Waals surface area contributed by atoms with Crippen LogP contribution in [-0.2, 0) is 14.3 Å². The topological polar surface area (TPSA) is 66.8 Å². The number of aliphatic hydroxyl groups is 1. The first kappa shape index (κ1) is 10.4. The molecule has 2 heterocycles. The fraction of sp³-hybridized carbons (Fsp3) is 0.800. The minimum atomic E-state index is -0.546. The maximum Gasteiger partial charge on any atom is 0.328 e. The van der Waals surface area contributed by atoms with Gasteiger partial charge in [-0.2, -0.15) is 0 Å². The molecule has 3 atom stereocenters. The monoisotopic (exact) mass is 213 g/mol. The van der Waals surface area contributed by atoms with Crippen molar-refractivity contribution in [3.05, 3.63) is 0 Å². The molecule has 2 aliphatic rings. The van der Waals surface area contributed by atoms with E-state index in [2.05, 4.69) is 4.74 Å². The predicted molar refractivity (Wildman–Crippen MR) is 50.9 cm³/mol. The van der Waals surface area contributed by atoms with Crippen molar-refractivity contribution in [2.45, 2.75) is 43.9 Å². The number of rotatable bonds is 1. The van der Waals surface area contributed by atoms with Gasteiger partial charge in [-0.15, -0.1) is 0 Å². The lowest BCUT2D eigenvalue weighted by Crippen LogP contribution is -2.50. The number of carbonyl (C=O) groups is 2. The Bertz CT molecular complexity index is 291. The van der Waals surface area contributed by atoms with Crippen LogP contribution in [0.15, 0.2) is 0 Å². The summed E-state index contributed by atoms with van der Waals surface area (Å²) in [4.78, 5) is 24.7. The number of nitrogens with zero attached hydrogens (tertiary/aromatic N) is 1. The number of aliphatic hydroxyl groups excluding tert-OH is 1. The molecule has 0 spiro atoms. The highest BCUT2D eigenvalue weighted by atomic mass is 16.5. The molecule has 5 nitrogen and oxygen atoms in total. The number of ether oxygens (including phenoxy) is 1. The van der Waals surface area contributed by atoms with E-state index in [1.54, 1.807) is 4.90 Å². The molecule has 0 aromatic heterocycles. The van der Waals surface area contributed by atoms with E-state index in [0.717, 1.165) is 6.42 Å². The third kappa shape index (κ3) is 1.71. The van der Waals surface area contributed by atoms with Crippen molar-refractivity contribution < 1.29 is 19.4 Å². The second kappa shape index (κ2) is 3.81. The highest BCUT2D eigenvalue weighted by molar-refractivity contribution is 5.86. The van der Waals surface area contributed by atoms with Gasteiger partial charge in [0, 0.05) is 6.04 Å². The third-order valence-electron chi connectivity index (χ3n) is 3.22. The normalized spacial score (nSPS) is 35.2. The SMILES string of the molecule is COC(=O)[C@@H]1CCC2CC(O)CC(=O)N21. The molecule has 15 heavy (non-hydrogen) atoms. The summed E-state index contributed by atoms with van der Waals surface area (Å²) in [6.07, 6.45) is 1.59. The molecule has 0 bridgehead atoms. The van der Waals surface area contributed by atoms with Gasteiger partial charge < -0.3 is 14.7 Å². The molecule has 2 saturated heterocycles. The summed E-state index contributed by atoms with van der Waals surface area (Å²) in [5, 5.41) is 9.45. The van der Waals surface area contributed by atoms with Gasteiger partial charge in [-0.25, -0.2) is 4.79 Å². The quantitative estimate of drug-likeness (QED) is 0.606. The Labute approximate surface area is 88.0 Å². The average Bonchev–Trinajstić information content (AvgIpc) is 2.60. The summed E-state index contributed by atoms with van der Waals surface area (Å²) in [7, 11) is 1.33. The van der Waals surface area contributed by atoms with E-state index in [-0.39, 0.29) is 24.3 Å². The summed E-state index contributed by atoms with van der Waals surface area (Å²) < 4.78 is 4.66. The van der Waals surface area contributed by atoms with Crippen molar-refractivity contribution in [1.29, 1.82) is 0 Å². The van der Waals surface area contributed by atoms with E-state index in [9.17, 15) is 14.7 Å². The maximum absolute atomic E-state index is 11.7. The fourth-order valence-electron chi connectivity index (χ4n) is 2.56. The number of methoxy groups -OCH3 is 1. The van der Waals surface area contributed by atoms with Crippen molar-refractivity contribution in [3.8, 4) is 0 Å². The number of fused-ring (bicyclic) bond motifs is 1. The summed E-state index contributed by atoms with van der Waals surface area (Å²) >= 11 is 0. The van der Waals surface area contributed by atoms with Crippen LogP contribution >= 0.6 is 0 Å². The van der Waals surface area contributed by atoms with E-state index < -0.39 is 12.1 Å². The van der Waals surface area contributed by atoms with Gasteiger partial charge in [0.05, 0.1) is 19.6 Å². The molecule has 2 fully saturated rings. The first-order chi connectivity index (χ1) is 7.13. The summed E-state index contributed by atoms with van der Waals surface area (Å²) in [5.41, 5.74) is 0. The zero-order valence-corrected chi connectivity index (χ0v) is 8.68. The van der Waals surface area contributed by atoms with Crippen molar-refractivity contribution in [2.75, 3.05) is 7.11 Å². The van der Waals surface area contributed by atoms with E-state index in [1.165, 1.54) is 7.11 Å². The molecule has 2 rings (SSSR count). The number of esters is 1. The van der Waals surface area contributed by atoms with E-state index in [0.29, 0.717) is 12.8 Å². The molecular weight excluding hydrogens is 198 g/mol. The Kier molecular flexibility index (Phi) is 2.65. The molecule has 1 N–H and O–H groups in total. The first-order valence-corrected chi connectivity index (χ1v) is 5.20. The second-order valence-corrected chi connectivity index (χ2v) is 4.16. The van der Waals surface area contributed by atoms with Crippen LogP contribution in [0.5, 0.6) is 0 Å². The van der Waals surface area contributed by atoms with Crippen molar-refractivity contribution in [2.24, 2.45) is 0 Å². The Balaban J connectivity index is 2.14. The minimum Gasteiger partial charge on any atom is -0.467 e. The highest BCUT2D eigenvalue weighted by Crippen LogP contribution is 2.32. The molecule has 5 heteroatoms. The zero-order chi connectivity index (χ0) is 11.0. The van der Waals surface area contributed by atoms with Gasteiger partial charge in [0.2, 0.25) is 5.91 Å². The van der Waals surface area contributed by atoms with Gasteiger partial charge in [0.1, 0.15) is 6.04 Å². The van der Waals surface area contributed by atoms with E-state index in [4.69, 9.17) is 0 Å². The lowest BCUT2D eigenvalue weighted by molar-refractivity contribution is -0.155. The maximum atomic E-state index is 11.7. The number of amides is 1. The van der Waals surface area contributed by atoms with Crippen LogP contribution < -0.4 is 0 Å². The van der Waals surface area contributed by atoms with Gasteiger partial charge >= 0.3 is 5.97 Å². The molecule has 0 radical (unpaired) electrons. The molecule has 0 saturated carbocycles. The molecule has 0 aromatic rings. The lowest BCUT2D eigenvalue weighted by atomic mass is 10.00. The van der Waals surface area contributed by atoms with Crippen molar-refractivity contribution >= 4 is 11.9 Å². The Morgan fingerprint density at radius 1 is 1.53 bits per heavy atom. The van der Waals surface area contributed by atoms with Crippen molar-refractivity contribution in [3.63, 3.8) is 0 Å². The van der Waals surface area contributed by atoms with Gasteiger partial charge in [-0.05, 0) is 19.3 Å². The predicted octanol–water partition coefficient (Wildman–Crippen LogP) is -0.326. The first-order valence-electron chi connectivity index (χ1n) is 5.20. The number of hydrogen-bond acceptors (Lipinski definition) is 4. The van der Waals surface area contributed by atoms with Crippen LogP contribution in [0, 0.1) is 0 Å². The average molecular weight is 213 g/mol. The van der Waals surface area contributed by atoms with Gasteiger partial charge in [-0.1, -0.05) is 0 Å². The van der Waals surface area contributed by atoms with E-state index >= 15 is 0 Å². The largest absolute Gasteiger partial charge is 0.467 e. The molecule has 84 valence electrons. The van der Waals surface area contributed by atoms with Gasteiger partial charge in [0.25, 0.3) is 0 Å². The summed E-state index contributed by atoms with van der Waals surface area (Å²) in [6.45, 7) is 0. The van der Waals surface area contributed by atoms with Gasteiger partial charge in [-0.3, -0.25) is 4.79 Å². The Morgan fingerprint density at radius 2 is 2.27 bits per heavy atom. The third-order valence-corrected chi connectivity index (χ3v) is 3.22. The van der Waals surface area contributed by atoms with Crippen molar-refractivity contribution in [1.82, 2.24) is 4.90 Å².